The predicted molar refractivity (Wildman–Crippen MR) is 298 cm³/mol. The number of pyridine rings is 1. The third-order valence-corrected chi connectivity index (χ3v) is 15.1. The Morgan fingerprint density at radius 3 is 1.28 bits per heavy atom. The van der Waals surface area contributed by atoms with E-state index in [1.54, 1.807) is 0 Å². The lowest BCUT2D eigenvalue weighted by molar-refractivity contribution is 0.660. The van der Waals surface area contributed by atoms with Crippen molar-refractivity contribution in [1.82, 2.24) is 14.1 Å². The number of aromatic nitrogens is 3. The number of para-hydroxylation sites is 4. The van der Waals surface area contributed by atoms with Crippen molar-refractivity contribution < 1.29 is 0 Å². The molecule has 3 heteroatoms. The maximum atomic E-state index is 5.46. The van der Waals surface area contributed by atoms with Crippen molar-refractivity contribution >= 4 is 43.6 Å². The largest absolute Gasteiger partial charge is 0.309 e. The molecule has 0 aliphatic heterocycles. The molecule has 0 fully saturated rings. The first-order valence-corrected chi connectivity index (χ1v) is 24.6. The Hall–Kier alpha value is -9.05. The van der Waals surface area contributed by atoms with Crippen LogP contribution in [-0.2, 0) is 5.41 Å². The van der Waals surface area contributed by atoms with E-state index in [4.69, 9.17) is 4.98 Å². The molecule has 3 nitrogen and oxygen atoms in total. The van der Waals surface area contributed by atoms with Crippen LogP contribution in [-0.4, -0.2) is 14.1 Å². The lowest BCUT2D eigenvalue weighted by Crippen LogP contribution is -2.14. The topological polar surface area (TPSA) is 22.8 Å². The van der Waals surface area contributed by atoms with Crippen LogP contribution >= 0.6 is 0 Å². The molecule has 71 heavy (non-hydrogen) atoms. The molecular weight excluding hydrogens is 859 g/mol. The van der Waals surface area contributed by atoms with E-state index in [9.17, 15) is 0 Å². The van der Waals surface area contributed by atoms with Gasteiger partial charge in [-0.3, -0.25) is 0 Å². The summed E-state index contributed by atoms with van der Waals surface area (Å²) >= 11 is 0. The molecule has 0 unspecified atom stereocenters. The van der Waals surface area contributed by atoms with Crippen LogP contribution < -0.4 is 0 Å². The highest BCUT2D eigenvalue weighted by Gasteiger charge is 2.35. The van der Waals surface area contributed by atoms with E-state index in [0.717, 1.165) is 67.3 Å². The second kappa shape index (κ2) is 16.0. The smallest absolute Gasteiger partial charge is 0.0715 e. The highest BCUT2D eigenvalue weighted by atomic mass is 15.0. The Morgan fingerprint density at radius 1 is 0.282 bits per heavy atom. The van der Waals surface area contributed by atoms with E-state index in [-0.39, 0.29) is 5.41 Å². The van der Waals surface area contributed by atoms with Crippen LogP contribution in [0.25, 0.3) is 122 Å². The Kier molecular flexibility index (Phi) is 9.24. The van der Waals surface area contributed by atoms with Crippen LogP contribution in [0.1, 0.15) is 25.0 Å². The summed E-state index contributed by atoms with van der Waals surface area (Å²) in [6.45, 7) is 4.70. The van der Waals surface area contributed by atoms with E-state index >= 15 is 0 Å². The van der Waals surface area contributed by atoms with Gasteiger partial charge in [0, 0.05) is 49.5 Å². The Labute approximate surface area is 413 Å². The normalized spacial score (nSPS) is 12.8. The van der Waals surface area contributed by atoms with Crippen molar-refractivity contribution in [2.45, 2.75) is 19.3 Å². The Balaban J connectivity index is 0.995. The number of fused-ring (bicyclic) bond motifs is 9. The molecule has 334 valence electrons. The zero-order valence-corrected chi connectivity index (χ0v) is 39.5. The summed E-state index contributed by atoms with van der Waals surface area (Å²) in [4.78, 5) is 5.46. The van der Waals surface area contributed by atoms with Crippen molar-refractivity contribution in [2.24, 2.45) is 0 Å². The molecule has 0 saturated heterocycles. The third-order valence-electron chi connectivity index (χ3n) is 15.1. The fraction of sp³-hybridized carbons (Fsp3) is 0.0441. The summed E-state index contributed by atoms with van der Waals surface area (Å²) in [5.41, 5.74) is 23.2. The van der Waals surface area contributed by atoms with E-state index in [0.29, 0.717) is 0 Å². The number of rotatable bonds is 7. The summed E-state index contributed by atoms with van der Waals surface area (Å²) in [6.07, 6.45) is 0. The second-order valence-electron chi connectivity index (χ2n) is 19.6. The molecule has 0 N–H and O–H groups in total. The summed E-state index contributed by atoms with van der Waals surface area (Å²) < 4.78 is 4.78. The third kappa shape index (κ3) is 6.61. The van der Waals surface area contributed by atoms with E-state index < -0.39 is 0 Å². The lowest BCUT2D eigenvalue weighted by atomic mass is 9.82. The van der Waals surface area contributed by atoms with Crippen molar-refractivity contribution in [2.75, 3.05) is 0 Å². The second-order valence-corrected chi connectivity index (χ2v) is 19.6. The average Bonchev–Trinajstić information content (AvgIpc) is 4.03. The molecule has 0 amide bonds. The highest BCUT2D eigenvalue weighted by molar-refractivity contribution is 6.12. The number of benzene rings is 10. The van der Waals surface area contributed by atoms with E-state index in [1.165, 1.54) is 65.9 Å². The fourth-order valence-electron chi connectivity index (χ4n) is 11.6. The van der Waals surface area contributed by atoms with Crippen LogP contribution in [0.15, 0.2) is 249 Å². The van der Waals surface area contributed by atoms with Gasteiger partial charge in [-0.1, -0.05) is 166 Å². The average molecular weight is 906 g/mol. The molecule has 1 aliphatic carbocycles. The molecule has 0 spiro atoms. The van der Waals surface area contributed by atoms with Crippen molar-refractivity contribution in [3.63, 3.8) is 0 Å². The van der Waals surface area contributed by atoms with E-state index in [1.807, 2.05) is 0 Å². The van der Waals surface area contributed by atoms with Gasteiger partial charge in [-0.05, 0) is 153 Å². The van der Waals surface area contributed by atoms with Crippen LogP contribution in [0.3, 0.4) is 0 Å². The molecule has 0 radical (unpaired) electrons. The van der Waals surface area contributed by atoms with Crippen molar-refractivity contribution in [3.8, 4) is 78.4 Å². The first-order valence-electron chi connectivity index (χ1n) is 24.6. The quantitative estimate of drug-likeness (QED) is 0.156. The molecule has 1 aliphatic rings. The Morgan fingerprint density at radius 2 is 0.704 bits per heavy atom. The summed E-state index contributed by atoms with van der Waals surface area (Å²) in [6, 6.07) is 91.2. The minimum atomic E-state index is -0.131. The van der Waals surface area contributed by atoms with Gasteiger partial charge in [-0.15, -0.1) is 0 Å². The van der Waals surface area contributed by atoms with Gasteiger partial charge >= 0.3 is 0 Å². The molecule has 10 aromatic carbocycles. The molecule has 0 bridgehead atoms. The van der Waals surface area contributed by atoms with Gasteiger partial charge < -0.3 is 9.13 Å². The SMILES string of the molecule is CC1(C)c2ccccc2-c2ccc(-c3cc(-c4cc(-c5ccc6c(c5)c5ccccc5n6-c5ccccc5)cc(-c5ccc6c(c5)c5ccccc5n6-c5ccccc5)c4)cc(-c4ccccc4)n3)cc21. The van der Waals surface area contributed by atoms with E-state index in [2.05, 4.69) is 272 Å². The van der Waals surface area contributed by atoms with Gasteiger partial charge in [0.15, 0.2) is 0 Å². The van der Waals surface area contributed by atoms with Gasteiger partial charge in [0.25, 0.3) is 0 Å². The van der Waals surface area contributed by atoms with Crippen LogP contribution in [0.4, 0.5) is 0 Å². The predicted octanol–water partition coefficient (Wildman–Crippen LogP) is 17.9. The first kappa shape index (κ1) is 41.0. The van der Waals surface area contributed by atoms with Crippen molar-refractivity contribution in [1.29, 1.82) is 0 Å². The maximum absolute atomic E-state index is 5.46. The highest BCUT2D eigenvalue weighted by Crippen LogP contribution is 2.50. The Bertz CT molecular complexity index is 4060. The molecular formula is C68H47N3. The maximum Gasteiger partial charge on any atom is 0.0715 e. The summed E-state index contributed by atoms with van der Waals surface area (Å²) in [7, 11) is 0. The van der Waals surface area contributed by atoms with Gasteiger partial charge in [0.05, 0.1) is 33.5 Å². The standard InChI is InChI=1S/C68H47N3/c1-68(2)60-27-15-12-24-54(60)55-33-30-47(41-61(55)68)63-43-51(42-62(69-63)44-18-6-3-7-19-44)50-37-48(45-31-34-66-58(39-45)56-25-13-16-28-64(56)70(66)52-20-8-4-9-21-52)36-49(38-50)46-32-35-67-59(40-46)57-26-14-17-29-65(57)71(67)53-22-10-5-11-23-53/h3-43H,1-2H3. The zero-order valence-electron chi connectivity index (χ0n) is 39.5. The van der Waals surface area contributed by atoms with Crippen molar-refractivity contribution in [3.05, 3.63) is 260 Å². The summed E-state index contributed by atoms with van der Waals surface area (Å²) in [5, 5.41) is 4.92. The van der Waals surface area contributed by atoms with Crippen LogP contribution in [0.5, 0.6) is 0 Å². The monoisotopic (exact) mass is 905 g/mol. The van der Waals surface area contributed by atoms with Gasteiger partial charge in [0.2, 0.25) is 0 Å². The number of hydrogen-bond donors (Lipinski definition) is 0. The minimum Gasteiger partial charge on any atom is -0.309 e. The van der Waals surface area contributed by atoms with Crippen LogP contribution in [0.2, 0.25) is 0 Å². The molecule has 13 aromatic rings. The number of hydrogen-bond acceptors (Lipinski definition) is 1. The summed E-state index contributed by atoms with van der Waals surface area (Å²) in [5.74, 6) is 0. The molecule has 3 aromatic heterocycles. The molecule has 3 heterocycles. The molecule has 14 rings (SSSR count). The zero-order chi connectivity index (χ0) is 47.2. The fourth-order valence-corrected chi connectivity index (χ4v) is 11.6. The first-order chi connectivity index (χ1) is 34.9. The van der Waals surface area contributed by atoms with Gasteiger partial charge in [-0.25, -0.2) is 4.98 Å². The van der Waals surface area contributed by atoms with Crippen LogP contribution in [0, 0.1) is 0 Å². The molecule has 0 atom stereocenters. The number of nitrogens with zero attached hydrogens (tertiary/aromatic N) is 3. The van der Waals surface area contributed by atoms with Gasteiger partial charge in [0.1, 0.15) is 0 Å². The minimum absolute atomic E-state index is 0.131. The molecule has 0 saturated carbocycles. The lowest BCUT2D eigenvalue weighted by Gasteiger charge is -2.22. The van der Waals surface area contributed by atoms with Gasteiger partial charge in [-0.2, -0.15) is 0 Å².